The monoisotopic (exact) mass is 495 g/mol. The Morgan fingerprint density at radius 2 is 1.56 bits per heavy atom. The van der Waals surface area contributed by atoms with E-state index in [1.165, 1.54) is 6.08 Å². The van der Waals surface area contributed by atoms with Gasteiger partial charge < -0.3 is 41.5 Å². The van der Waals surface area contributed by atoms with E-state index in [1.807, 2.05) is 48.5 Å². The minimum Gasteiger partial charge on any atom is -0.392 e. The molecule has 0 radical (unpaired) electrons. The molecule has 0 aromatic carbocycles. The Labute approximate surface area is 204 Å². The van der Waals surface area contributed by atoms with Gasteiger partial charge in [0.1, 0.15) is 18.3 Å². The molecule has 0 bridgehead atoms. The molecule has 0 saturated carbocycles. The highest BCUT2D eigenvalue weighted by Crippen LogP contribution is 2.23. The van der Waals surface area contributed by atoms with Crippen LogP contribution in [0.15, 0.2) is 12.2 Å². The first kappa shape index (κ1) is 31.5. The first-order valence-corrected chi connectivity index (χ1v) is 12.1. The molecule has 0 heterocycles. The van der Waals surface area contributed by atoms with Gasteiger partial charge in [-0.1, -0.05) is 39.8 Å². The van der Waals surface area contributed by atoms with Crippen LogP contribution in [0.4, 0.5) is 0 Å². The van der Waals surface area contributed by atoms with E-state index in [1.54, 1.807) is 6.08 Å². The molecule has 0 amide bonds. The molecule has 8 nitrogen and oxygen atoms in total. The predicted octanol–water partition coefficient (Wildman–Crippen LogP) is 0.322. The Bertz CT molecular complexity index is 581. The van der Waals surface area contributed by atoms with Crippen LogP contribution in [0.2, 0.25) is 0 Å². The van der Waals surface area contributed by atoms with Crippen molar-refractivity contribution in [3.8, 4) is 0 Å². The predicted molar refractivity (Wildman–Crippen MR) is 137 cm³/mol. The van der Waals surface area contributed by atoms with Crippen LogP contribution in [0.3, 0.4) is 0 Å². The number of nitrogens with one attached hydrogen (secondary N) is 3. The van der Waals surface area contributed by atoms with Gasteiger partial charge in [0.2, 0.25) is 0 Å². The molecule has 190 valence electrons. The number of hydrogen-bond acceptors (Lipinski definition) is 8. The topological polar surface area (TPSA) is 137 Å². The summed E-state index contributed by atoms with van der Waals surface area (Å²) < 4.78 is 0. The van der Waals surface area contributed by atoms with Gasteiger partial charge in [0, 0.05) is 18.5 Å². The number of thiocarbonyl (C=S) groups is 1. The fourth-order valence-corrected chi connectivity index (χ4v) is 3.36. The van der Waals surface area contributed by atoms with Crippen molar-refractivity contribution in [2.45, 2.75) is 103 Å². The fourth-order valence-electron chi connectivity index (χ4n) is 2.90. The van der Waals surface area contributed by atoms with E-state index in [9.17, 15) is 25.5 Å². The van der Waals surface area contributed by atoms with Crippen LogP contribution in [-0.4, -0.2) is 91.1 Å². The van der Waals surface area contributed by atoms with Crippen LogP contribution in [0.1, 0.15) is 54.9 Å². The van der Waals surface area contributed by atoms with Crippen LogP contribution >= 0.6 is 24.8 Å². The van der Waals surface area contributed by atoms with Gasteiger partial charge in [-0.15, -0.1) is 0 Å². The van der Waals surface area contributed by atoms with Crippen molar-refractivity contribution in [2.75, 3.05) is 12.3 Å². The van der Waals surface area contributed by atoms with E-state index < -0.39 is 42.6 Å². The Balaban J connectivity index is 0.00000302. The van der Waals surface area contributed by atoms with Crippen LogP contribution in [-0.2, 0) is 0 Å². The number of rotatable bonds is 7. The molecule has 1 aliphatic carbocycles. The summed E-state index contributed by atoms with van der Waals surface area (Å²) in [7, 11) is 0. The summed E-state index contributed by atoms with van der Waals surface area (Å²) in [5.41, 5.74) is -0.647. The third-order valence-electron chi connectivity index (χ3n) is 4.89. The summed E-state index contributed by atoms with van der Waals surface area (Å²) in [5, 5.41) is 60.4. The van der Waals surface area contributed by atoms with Gasteiger partial charge in [-0.05, 0) is 44.2 Å². The lowest BCUT2D eigenvalue weighted by molar-refractivity contribution is -0.0573. The second-order valence-corrected chi connectivity index (χ2v) is 11.3. The van der Waals surface area contributed by atoms with Crippen molar-refractivity contribution in [1.29, 1.82) is 0 Å². The second-order valence-electron chi connectivity index (χ2n) is 10.2. The van der Waals surface area contributed by atoms with Crippen molar-refractivity contribution >= 4 is 30.0 Å². The smallest absolute Gasteiger partial charge is 0.167 e. The van der Waals surface area contributed by atoms with Crippen molar-refractivity contribution in [3.63, 3.8) is 0 Å². The fraction of sp³-hybridized carbons (Fsp3) is 0.864. The highest BCUT2D eigenvalue weighted by Gasteiger charge is 2.34. The maximum absolute atomic E-state index is 10.8. The zero-order chi connectivity index (χ0) is 25.3. The van der Waals surface area contributed by atoms with Gasteiger partial charge >= 0.3 is 0 Å². The molecule has 7 atom stereocenters. The molecule has 0 aliphatic heterocycles. The van der Waals surface area contributed by atoms with E-state index in [4.69, 9.17) is 12.2 Å². The number of thiol groups is 1. The van der Waals surface area contributed by atoms with Crippen molar-refractivity contribution in [2.24, 2.45) is 5.41 Å². The normalized spacial score (nSPS) is 26.4. The SMILES string of the molecule is CC(C)(C)NC(=S)NC(CNC1C=CC(O)C(O)C1O)C(O)CC(O)C(C)(C)C.CCS. The van der Waals surface area contributed by atoms with E-state index in [-0.39, 0.29) is 23.9 Å². The Kier molecular flexibility index (Phi) is 13.9. The number of aliphatic hydroxyl groups excluding tert-OH is 5. The van der Waals surface area contributed by atoms with Crippen LogP contribution < -0.4 is 16.0 Å². The van der Waals surface area contributed by atoms with E-state index >= 15 is 0 Å². The Hall–Kier alpha value is -0.460. The molecule has 0 aromatic heterocycles. The van der Waals surface area contributed by atoms with E-state index in [0.29, 0.717) is 5.11 Å². The van der Waals surface area contributed by atoms with E-state index in [0.717, 1.165) is 5.75 Å². The first-order valence-electron chi connectivity index (χ1n) is 11.0. The largest absolute Gasteiger partial charge is 0.392 e. The highest BCUT2D eigenvalue weighted by atomic mass is 32.1. The molecule has 32 heavy (non-hydrogen) atoms. The molecular weight excluding hydrogens is 450 g/mol. The summed E-state index contributed by atoms with van der Waals surface area (Å²) in [6.45, 7) is 13.8. The minimum atomic E-state index is -1.29. The molecule has 0 fully saturated rings. The third-order valence-corrected chi connectivity index (χ3v) is 5.11. The Morgan fingerprint density at radius 3 is 2.03 bits per heavy atom. The maximum atomic E-state index is 10.8. The number of hydrogen-bond donors (Lipinski definition) is 9. The van der Waals surface area contributed by atoms with Crippen molar-refractivity contribution < 1.29 is 25.5 Å². The molecule has 0 spiro atoms. The summed E-state index contributed by atoms with van der Waals surface area (Å²) in [5.74, 6) is 0.944. The average molecular weight is 496 g/mol. The molecule has 8 N–H and O–H groups in total. The molecule has 0 aromatic rings. The van der Waals surface area contributed by atoms with Crippen LogP contribution in [0.25, 0.3) is 0 Å². The average Bonchev–Trinajstić information content (AvgIpc) is 2.62. The zero-order valence-electron chi connectivity index (χ0n) is 20.4. The van der Waals surface area contributed by atoms with Gasteiger partial charge in [0.05, 0.1) is 24.3 Å². The van der Waals surface area contributed by atoms with E-state index in [2.05, 4.69) is 28.6 Å². The highest BCUT2D eigenvalue weighted by molar-refractivity contribution is 7.80. The van der Waals surface area contributed by atoms with Gasteiger partial charge in [-0.25, -0.2) is 0 Å². The molecule has 1 rings (SSSR count). The van der Waals surface area contributed by atoms with Gasteiger partial charge in [0.15, 0.2) is 5.11 Å². The zero-order valence-corrected chi connectivity index (χ0v) is 22.1. The molecule has 0 saturated heterocycles. The van der Waals surface area contributed by atoms with Crippen LogP contribution in [0, 0.1) is 5.41 Å². The standard InChI is InChI=1S/C20H39N3O5S.C2H6S/c1-19(2,3)15(26)9-14(25)12(22-18(29)23-20(4,5)6)10-21-11-7-8-13(24)17(28)16(11)27;1-2-3/h7-8,11-17,21,24-28H,9-10H2,1-6H3,(H2,22,23,29);3H,2H2,1H3. The molecular formula is C22H45N3O5S2. The summed E-state index contributed by atoms with van der Waals surface area (Å²) in [4.78, 5) is 0. The lowest BCUT2D eigenvalue weighted by Crippen LogP contribution is -2.59. The summed E-state index contributed by atoms with van der Waals surface area (Å²) >= 11 is 9.14. The number of aliphatic hydroxyl groups is 5. The summed E-state index contributed by atoms with van der Waals surface area (Å²) in [6, 6.07) is -1.15. The van der Waals surface area contributed by atoms with Gasteiger partial charge in [-0.3, -0.25) is 0 Å². The molecule has 1 aliphatic rings. The van der Waals surface area contributed by atoms with Crippen molar-refractivity contribution in [3.05, 3.63) is 12.2 Å². The van der Waals surface area contributed by atoms with Crippen LogP contribution in [0.5, 0.6) is 0 Å². The quantitative estimate of drug-likeness (QED) is 0.139. The van der Waals surface area contributed by atoms with Gasteiger partial charge in [0.25, 0.3) is 0 Å². The lowest BCUT2D eigenvalue weighted by atomic mass is 9.84. The maximum Gasteiger partial charge on any atom is 0.167 e. The summed E-state index contributed by atoms with van der Waals surface area (Å²) in [6.07, 6.45) is -2.09. The third kappa shape index (κ3) is 12.1. The molecule has 7 unspecified atom stereocenters. The lowest BCUT2D eigenvalue weighted by Gasteiger charge is -2.35. The van der Waals surface area contributed by atoms with Gasteiger partial charge in [-0.2, -0.15) is 12.6 Å². The Morgan fingerprint density at radius 1 is 1.03 bits per heavy atom. The second kappa shape index (κ2) is 14.1. The first-order chi connectivity index (χ1) is 14.5. The van der Waals surface area contributed by atoms with Crippen molar-refractivity contribution in [1.82, 2.24) is 16.0 Å². The minimum absolute atomic E-state index is 0.144. The molecule has 10 heteroatoms.